The van der Waals surface area contributed by atoms with Crippen LogP contribution in [0, 0.1) is 0 Å². The summed E-state index contributed by atoms with van der Waals surface area (Å²) in [5.41, 5.74) is 2.80. The molecule has 5 rings (SSSR count). The fraction of sp³-hybridized carbons (Fsp3) is 0.350. The maximum absolute atomic E-state index is 9.72. The van der Waals surface area contributed by atoms with Gasteiger partial charge in [0.1, 0.15) is 5.82 Å². The molecule has 1 aliphatic carbocycles. The Bertz CT molecular complexity index is 1110. The standard InChI is InChI=1S/C20H23N7O/c1-26(15-7-10-17-13(11-15)12-21-24-17)20-23-19-4-2-3-18(27(19)25-20)22-14-5-8-16(28)9-6-14/h2-4,7,10-12,14,16,22,28H,5-6,8-9H2,1H3,(H,21,24). The summed E-state index contributed by atoms with van der Waals surface area (Å²) in [5, 5.41) is 26.1. The number of benzene rings is 1. The molecule has 0 radical (unpaired) electrons. The van der Waals surface area contributed by atoms with Crippen molar-refractivity contribution in [2.24, 2.45) is 0 Å². The van der Waals surface area contributed by atoms with E-state index in [1.165, 1.54) is 0 Å². The van der Waals surface area contributed by atoms with Crippen molar-refractivity contribution in [3.63, 3.8) is 0 Å². The zero-order valence-electron chi connectivity index (χ0n) is 15.7. The van der Waals surface area contributed by atoms with Gasteiger partial charge in [-0.1, -0.05) is 6.07 Å². The third kappa shape index (κ3) is 3.05. The van der Waals surface area contributed by atoms with E-state index < -0.39 is 0 Å². The number of anilines is 3. The molecule has 8 nitrogen and oxygen atoms in total. The summed E-state index contributed by atoms with van der Waals surface area (Å²) < 4.78 is 1.85. The number of aliphatic hydroxyl groups excluding tert-OH is 1. The molecule has 1 fully saturated rings. The van der Waals surface area contributed by atoms with Crippen LogP contribution >= 0.6 is 0 Å². The predicted molar refractivity (Wildman–Crippen MR) is 109 cm³/mol. The van der Waals surface area contributed by atoms with E-state index in [1.54, 1.807) is 0 Å². The van der Waals surface area contributed by atoms with Crippen LogP contribution in [0.4, 0.5) is 17.5 Å². The minimum Gasteiger partial charge on any atom is -0.393 e. The smallest absolute Gasteiger partial charge is 0.249 e. The van der Waals surface area contributed by atoms with Gasteiger partial charge in [-0.05, 0) is 56.0 Å². The van der Waals surface area contributed by atoms with Gasteiger partial charge in [0, 0.05) is 24.2 Å². The summed E-state index contributed by atoms with van der Waals surface area (Å²) in [6.45, 7) is 0. The molecule has 0 atom stereocenters. The second kappa shape index (κ2) is 6.79. The van der Waals surface area contributed by atoms with Crippen LogP contribution in [0.2, 0.25) is 0 Å². The first-order valence-corrected chi connectivity index (χ1v) is 9.64. The van der Waals surface area contributed by atoms with Gasteiger partial charge >= 0.3 is 0 Å². The number of nitrogens with one attached hydrogen (secondary N) is 2. The van der Waals surface area contributed by atoms with Crippen LogP contribution in [0.25, 0.3) is 16.6 Å². The lowest BCUT2D eigenvalue weighted by Crippen LogP contribution is -2.29. The largest absolute Gasteiger partial charge is 0.393 e. The average Bonchev–Trinajstić information content (AvgIpc) is 3.35. The van der Waals surface area contributed by atoms with Crippen molar-refractivity contribution in [3.8, 4) is 0 Å². The SMILES string of the molecule is CN(c1ccc2[nH]ncc2c1)c1nc2cccc(NC3CCC(O)CC3)n2n1. The number of aromatic amines is 1. The summed E-state index contributed by atoms with van der Waals surface area (Å²) in [4.78, 5) is 6.67. The van der Waals surface area contributed by atoms with Crippen LogP contribution < -0.4 is 10.2 Å². The zero-order valence-corrected chi connectivity index (χ0v) is 15.7. The third-order valence-electron chi connectivity index (χ3n) is 5.51. The normalized spacial score (nSPS) is 19.9. The summed E-state index contributed by atoms with van der Waals surface area (Å²) >= 11 is 0. The Hall–Kier alpha value is -3.13. The number of fused-ring (bicyclic) bond motifs is 2. The molecule has 144 valence electrons. The van der Waals surface area contributed by atoms with Crippen LogP contribution in [-0.4, -0.2) is 49.1 Å². The zero-order chi connectivity index (χ0) is 19.1. The van der Waals surface area contributed by atoms with Crippen molar-refractivity contribution < 1.29 is 5.11 Å². The second-order valence-corrected chi connectivity index (χ2v) is 7.44. The number of hydrogen-bond donors (Lipinski definition) is 3. The number of nitrogens with zero attached hydrogens (tertiary/aromatic N) is 5. The van der Waals surface area contributed by atoms with E-state index in [4.69, 9.17) is 10.1 Å². The number of hydrogen-bond acceptors (Lipinski definition) is 6. The Kier molecular flexibility index (Phi) is 4.12. The molecule has 28 heavy (non-hydrogen) atoms. The molecule has 0 saturated heterocycles. The van der Waals surface area contributed by atoms with Gasteiger partial charge in [0.2, 0.25) is 5.95 Å². The van der Waals surface area contributed by atoms with Gasteiger partial charge in [0.15, 0.2) is 5.65 Å². The van der Waals surface area contributed by atoms with Gasteiger partial charge in [-0.3, -0.25) is 5.10 Å². The summed E-state index contributed by atoms with van der Waals surface area (Å²) in [5.74, 6) is 1.56. The molecular formula is C20H23N7O. The van der Waals surface area contributed by atoms with Crippen LogP contribution in [0.15, 0.2) is 42.6 Å². The van der Waals surface area contributed by atoms with Crippen molar-refractivity contribution in [1.82, 2.24) is 24.8 Å². The molecular weight excluding hydrogens is 354 g/mol. The Labute approximate surface area is 162 Å². The first kappa shape index (κ1) is 17.0. The highest BCUT2D eigenvalue weighted by Crippen LogP contribution is 2.26. The van der Waals surface area contributed by atoms with E-state index in [-0.39, 0.29) is 6.10 Å². The maximum atomic E-state index is 9.72. The molecule has 4 aromatic rings. The predicted octanol–water partition coefficient (Wildman–Crippen LogP) is 3.09. The second-order valence-electron chi connectivity index (χ2n) is 7.44. The number of aliphatic hydroxyl groups is 1. The molecule has 1 saturated carbocycles. The number of rotatable bonds is 4. The Morgan fingerprint density at radius 1 is 1.18 bits per heavy atom. The van der Waals surface area contributed by atoms with Gasteiger partial charge in [0.25, 0.3) is 0 Å². The van der Waals surface area contributed by atoms with Crippen LogP contribution in [0.5, 0.6) is 0 Å². The topological polar surface area (TPSA) is 94.4 Å². The number of aromatic nitrogens is 5. The molecule has 0 bridgehead atoms. The van der Waals surface area contributed by atoms with E-state index in [0.717, 1.165) is 53.7 Å². The van der Waals surface area contributed by atoms with Crippen molar-refractivity contribution in [2.45, 2.75) is 37.8 Å². The molecule has 3 heterocycles. The minimum absolute atomic E-state index is 0.159. The van der Waals surface area contributed by atoms with E-state index in [1.807, 2.05) is 53.0 Å². The maximum Gasteiger partial charge on any atom is 0.249 e. The summed E-state index contributed by atoms with van der Waals surface area (Å²) in [6.07, 6.45) is 5.26. The highest BCUT2D eigenvalue weighted by Gasteiger charge is 2.20. The summed E-state index contributed by atoms with van der Waals surface area (Å²) in [6, 6.07) is 12.4. The van der Waals surface area contributed by atoms with Crippen molar-refractivity contribution >= 4 is 34.0 Å². The first-order chi connectivity index (χ1) is 13.7. The molecule has 0 unspecified atom stereocenters. The van der Waals surface area contributed by atoms with Gasteiger partial charge < -0.3 is 15.3 Å². The lowest BCUT2D eigenvalue weighted by molar-refractivity contribution is 0.126. The lowest BCUT2D eigenvalue weighted by Gasteiger charge is -2.27. The summed E-state index contributed by atoms with van der Waals surface area (Å²) in [7, 11) is 1.96. The molecule has 1 aliphatic rings. The monoisotopic (exact) mass is 377 g/mol. The molecule has 3 aromatic heterocycles. The van der Waals surface area contributed by atoms with E-state index in [9.17, 15) is 5.11 Å². The Balaban J connectivity index is 1.44. The molecule has 1 aromatic carbocycles. The van der Waals surface area contributed by atoms with Gasteiger partial charge in [-0.25, -0.2) is 0 Å². The van der Waals surface area contributed by atoms with Crippen molar-refractivity contribution in [3.05, 3.63) is 42.6 Å². The minimum atomic E-state index is -0.159. The third-order valence-corrected chi connectivity index (χ3v) is 5.51. The highest BCUT2D eigenvalue weighted by molar-refractivity contribution is 5.83. The van der Waals surface area contributed by atoms with Crippen molar-refractivity contribution in [2.75, 3.05) is 17.3 Å². The highest BCUT2D eigenvalue weighted by atomic mass is 16.3. The fourth-order valence-electron chi connectivity index (χ4n) is 3.83. The Morgan fingerprint density at radius 2 is 2.04 bits per heavy atom. The molecule has 0 aliphatic heterocycles. The van der Waals surface area contributed by atoms with Crippen LogP contribution in [0.1, 0.15) is 25.7 Å². The van der Waals surface area contributed by atoms with Gasteiger partial charge in [0.05, 0.1) is 17.8 Å². The average molecular weight is 377 g/mol. The van der Waals surface area contributed by atoms with Crippen molar-refractivity contribution in [1.29, 1.82) is 0 Å². The molecule has 0 spiro atoms. The first-order valence-electron chi connectivity index (χ1n) is 9.64. The van der Waals surface area contributed by atoms with E-state index >= 15 is 0 Å². The number of pyridine rings is 1. The van der Waals surface area contributed by atoms with Gasteiger partial charge in [-0.15, -0.1) is 5.10 Å². The number of H-pyrrole nitrogens is 1. The van der Waals surface area contributed by atoms with E-state index in [2.05, 4.69) is 21.6 Å². The molecule has 3 N–H and O–H groups in total. The quantitative estimate of drug-likeness (QED) is 0.506. The Morgan fingerprint density at radius 3 is 2.89 bits per heavy atom. The fourth-order valence-corrected chi connectivity index (χ4v) is 3.83. The lowest BCUT2D eigenvalue weighted by atomic mass is 9.93. The molecule has 8 heteroatoms. The molecule has 0 amide bonds. The van der Waals surface area contributed by atoms with Gasteiger partial charge in [-0.2, -0.15) is 14.6 Å². The van der Waals surface area contributed by atoms with Crippen LogP contribution in [-0.2, 0) is 0 Å². The van der Waals surface area contributed by atoms with Crippen LogP contribution in [0.3, 0.4) is 0 Å². The van der Waals surface area contributed by atoms with E-state index in [0.29, 0.717) is 12.0 Å².